The van der Waals surface area contributed by atoms with Crippen molar-refractivity contribution >= 4 is 57.0 Å². The Bertz CT molecular complexity index is 1070. The third-order valence-electron chi connectivity index (χ3n) is 3.47. The van der Waals surface area contributed by atoms with Crippen molar-refractivity contribution in [1.29, 1.82) is 5.26 Å². The first-order chi connectivity index (χ1) is 13.5. The van der Waals surface area contributed by atoms with Crippen molar-refractivity contribution in [2.24, 2.45) is 0 Å². The molecule has 1 N–H and O–H groups in total. The van der Waals surface area contributed by atoms with Crippen LogP contribution < -0.4 is 9.47 Å². The second-order valence-electron chi connectivity index (χ2n) is 5.39. The molecule has 9 heteroatoms. The van der Waals surface area contributed by atoms with Crippen LogP contribution in [-0.4, -0.2) is 29.8 Å². The highest BCUT2D eigenvalue weighted by Gasteiger charge is 2.14. The maximum atomic E-state index is 10.7. The van der Waals surface area contributed by atoms with Gasteiger partial charge in [-0.1, -0.05) is 23.7 Å². The van der Waals surface area contributed by atoms with Gasteiger partial charge >= 0.3 is 5.97 Å². The second-order valence-corrected chi connectivity index (χ2v) is 8.11. The van der Waals surface area contributed by atoms with Gasteiger partial charge in [-0.3, -0.25) is 0 Å². The lowest BCUT2D eigenvalue weighted by Crippen LogP contribution is -2.10. The van der Waals surface area contributed by atoms with Gasteiger partial charge in [-0.25, -0.2) is 9.78 Å². The van der Waals surface area contributed by atoms with Gasteiger partial charge in [-0.15, -0.1) is 11.3 Å². The summed E-state index contributed by atoms with van der Waals surface area (Å²) in [7, 11) is 1.42. The Balaban J connectivity index is 1.88. The van der Waals surface area contributed by atoms with E-state index in [1.54, 1.807) is 18.2 Å². The number of halogens is 1. The summed E-state index contributed by atoms with van der Waals surface area (Å²) in [5.74, 6) is -0.704. The number of allylic oxidation sites excluding steroid dienone is 1. The number of nitrogens with zero attached hydrogens (tertiary/aromatic N) is 2. The molecule has 0 saturated carbocycles. The van der Waals surface area contributed by atoms with Crippen molar-refractivity contribution in [2.45, 2.75) is 4.34 Å². The van der Waals surface area contributed by atoms with E-state index in [1.807, 2.05) is 24.3 Å². The smallest absolute Gasteiger partial charge is 0.341 e. The van der Waals surface area contributed by atoms with Crippen LogP contribution in [0.15, 0.2) is 45.6 Å². The van der Waals surface area contributed by atoms with E-state index in [0.717, 1.165) is 14.6 Å². The molecular weight excluding hydrogens is 420 g/mol. The molecule has 142 valence electrons. The number of carboxylic acids is 1. The molecule has 0 unspecified atom stereocenters. The van der Waals surface area contributed by atoms with Crippen molar-refractivity contribution in [3.8, 4) is 17.6 Å². The molecule has 1 aromatic heterocycles. The number of rotatable bonds is 7. The largest absolute Gasteiger partial charge is 0.493 e. The fourth-order valence-corrected chi connectivity index (χ4v) is 4.57. The molecule has 0 aliphatic rings. The molecule has 0 aliphatic carbocycles. The van der Waals surface area contributed by atoms with Crippen LogP contribution in [0.2, 0.25) is 5.02 Å². The molecule has 2 aromatic carbocycles. The van der Waals surface area contributed by atoms with Gasteiger partial charge in [0.25, 0.3) is 0 Å². The average Bonchev–Trinajstić information content (AvgIpc) is 3.08. The van der Waals surface area contributed by atoms with Crippen LogP contribution in [0, 0.1) is 11.3 Å². The molecule has 0 aliphatic heterocycles. The number of thiazole rings is 1. The SMILES string of the molecule is COc1cc(C=C(C#N)Sc2nc3ccccc3s2)cc(Cl)c1OCC(=O)O. The van der Waals surface area contributed by atoms with E-state index in [1.165, 1.54) is 30.2 Å². The van der Waals surface area contributed by atoms with Crippen LogP contribution >= 0.6 is 34.7 Å². The molecule has 0 amide bonds. The number of nitriles is 1. The van der Waals surface area contributed by atoms with E-state index in [4.69, 9.17) is 26.2 Å². The van der Waals surface area contributed by atoms with E-state index in [-0.39, 0.29) is 16.5 Å². The Morgan fingerprint density at radius 1 is 1.43 bits per heavy atom. The molecule has 6 nitrogen and oxygen atoms in total. The van der Waals surface area contributed by atoms with Gasteiger partial charge in [0.2, 0.25) is 0 Å². The lowest BCUT2D eigenvalue weighted by molar-refractivity contribution is -0.139. The first-order valence-electron chi connectivity index (χ1n) is 7.87. The molecule has 0 atom stereocenters. The zero-order valence-electron chi connectivity index (χ0n) is 14.5. The van der Waals surface area contributed by atoms with Crippen molar-refractivity contribution < 1.29 is 19.4 Å². The van der Waals surface area contributed by atoms with Crippen molar-refractivity contribution in [3.63, 3.8) is 0 Å². The van der Waals surface area contributed by atoms with Crippen molar-refractivity contribution in [1.82, 2.24) is 4.98 Å². The molecule has 0 spiro atoms. The van der Waals surface area contributed by atoms with Gasteiger partial charge in [0.05, 0.1) is 27.3 Å². The average molecular weight is 433 g/mol. The minimum absolute atomic E-state index is 0.140. The highest BCUT2D eigenvalue weighted by molar-refractivity contribution is 8.05. The molecule has 1 heterocycles. The maximum Gasteiger partial charge on any atom is 0.341 e. The summed E-state index contributed by atoms with van der Waals surface area (Å²) in [4.78, 5) is 15.6. The Hall–Kier alpha value is -2.73. The summed E-state index contributed by atoms with van der Waals surface area (Å²) in [5, 5.41) is 18.5. The third-order valence-corrected chi connectivity index (χ3v) is 5.78. The van der Waals surface area contributed by atoms with Crippen LogP contribution in [0.5, 0.6) is 11.5 Å². The monoisotopic (exact) mass is 432 g/mol. The van der Waals surface area contributed by atoms with Gasteiger partial charge in [-0.2, -0.15) is 5.26 Å². The number of aromatic nitrogens is 1. The van der Waals surface area contributed by atoms with E-state index >= 15 is 0 Å². The van der Waals surface area contributed by atoms with E-state index < -0.39 is 12.6 Å². The lowest BCUT2D eigenvalue weighted by atomic mass is 10.2. The summed E-state index contributed by atoms with van der Waals surface area (Å²) in [6.45, 7) is -0.540. The molecular formula is C19H13ClN2O4S2. The molecule has 28 heavy (non-hydrogen) atoms. The van der Waals surface area contributed by atoms with Crippen molar-refractivity contribution in [2.75, 3.05) is 13.7 Å². The maximum absolute atomic E-state index is 10.7. The zero-order valence-corrected chi connectivity index (χ0v) is 16.9. The molecule has 0 fully saturated rings. The van der Waals surface area contributed by atoms with Gasteiger partial charge in [0.15, 0.2) is 22.4 Å². The first-order valence-corrected chi connectivity index (χ1v) is 9.88. The van der Waals surface area contributed by atoms with Gasteiger partial charge in [0.1, 0.15) is 6.07 Å². The molecule has 0 radical (unpaired) electrons. The second kappa shape index (κ2) is 8.97. The molecule has 3 aromatic rings. The number of hydrogen-bond acceptors (Lipinski definition) is 7. The summed E-state index contributed by atoms with van der Waals surface area (Å²) in [5.41, 5.74) is 1.51. The molecule has 0 saturated heterocycles. The number of aliphatic carboxylic acids is 1. The summed E-state index contributed by atoms with van der Waals surface area (Å²) < 4.78 is 12.2. The normalized spacial score (nSPS) is 11.2. The minimum atomic E-state index is -1.12. The molecule has 0 bridgehead atoms. The van der Waals surface area contributed by atoms with Crippen LogP contribution in [0.3, 0.4) is 0 Å². The number of fused-ring (bicyclic) bond motifs is 1. The summed E-state index contributed by atoms with van der Waals surface area (Å²) >= 11 is 8.98. The minimum Gasteiger partial charge on any atom is -0.493 e. The van der Waals surface area contributed by atoms with E-state index in [2.05, 4.69) is 11.1 Å². The Morgan fingerprint density at radius 2 is 2.21 bits per heavy atom. The number of hydrogen-bond donors (Lipinski definition) is 1. The quantitative estimate of drug-likeness (QED) is 0.411. The van der Waals surface area contributed by atoms with Crippen LogP contribution in [0.25, 0.3) is 16.3 Å². The lowest BCUT2D eigenvalue weighted by Gasteiger charge is -2.12. The van der Waals surface area contributed by atoms with E-state index in [0.29, 0.717) is 10.5 Å². The highest BCUT2D eigenvalue weighted by Crippen LogP contribution is 2.39. The number of para-hydroxylation sites is 1. The fraction of sp³-hybridized carbons (Fsp3) is 0.105. The topological polar surface area (TPSA) is 92.4 Å². The van der Waals surface area contributed by atoms with Crippen LogP contribution in [0.1, 0.15) is 5.56 Å². The Kier molecular flexibility index (Phi) is 6.41. The molecule has 3 rings (SSSR count). The zero-order chi connectivity index (χ0) is 20.1. The number of thioether (sulfide) groups is 1. The van der Waals surface area contributed by atoms with E-state index in [9.17, 15) is 10.1 Å². The number of carbonyl (C=O) groups is 1. The third kappa shape index (κ3) is 4.75. The Morgan fingerprint density at radius 3 is 2.89 bits per heavy atom. The summed E-state index contributed by atoms with van der Waals surface area (Å²) in [6, 6.07) is 13.1. The van der Waals surface area contributed by atoms with Gasteiger partial charge < -0.3 is 14.6 Å². The number of carboxylic acid groups (broad SMARTS) is 1. The fourth-order valence-electron chi connectivity index (χ4n) is 2.32. The number of methoxy groups -OCH3 is 1. The first kappa shape index (κ1) is 20.0. The standard InChI is InChI=1S/C19H13ClN2O4S2/c1-25-15-8-11(7-13(20)18(15)26-10-17(23)24)6-12(9-21)27-19-22-14-4-2-3-5-16(14)28-19/h2-8H,10H2,1H3,(H,23,24). The summed E-state index contributed by atoms with van der Waals surface area (Å²) in [6.07, 6.45) is 1.66. The highest BCUT2D eigenvalue weighted by atomic mass is 35.5. The van der Waals surface area contributed by atoms with Crippen molar-refractivity contribution in [3.05, 3.63) is 51.9 Å². The number of benzene rings is 2. The van der Waals surface area contributed by atoms with Gasteiger partial charge in [0, 0.05) is 0 Å². The van der Waals surface area contributed by atoms with Crippen LogP contribution in [-0.2, 0) is 4.79 Å². The number of ether oxygens (including phenoxy) is 2. The predicted octanol–water partition coefficient (Wildman–Crippen LogP) is 5.08. The predicted molar refractivity (Wildman–Crippen MR) is 110 cm³/mol. The van der Waals surface area contributed by atoms with Gasteiger partial charge in [-0.05, 0) is 47.7 Å². The Labute approximate surface area is 174 Å². The van der Waals surface area contributed by atoms with Crippen LogP contribution in [0.4, 0.5) is 0 Å².